The molecule has 138 valence electrons. The van der Waals surface area contributed by atoms with E-state index in [1.807, 2.05) is 6.92 Å². The van der Waals surface area contributed by atoms with Crippen molar-refractivity contribution in [1.29, 1.82) is 0 Å². The number of halogens is 2. The van der Waals surface area contributed by atoms with Crippen molar-refractivity contribution in [3.63, 3.8) is 0 Å². The van der Waals surface area contributed by atoms with Crippen molar-refractivity contribution in [3.05, 3.63) is 51.6 Å². The summed E-state index contributed by atoms with van der Waals surface area (Å²) in [6.07, 6.45) is 1.09. The van der Waals surface area contributed by atoms with Crippen LogP contribution in [0.3, 0.4) is 0 Å². The van der Waals surface area contributed by atoms with Gasteiger partial charge in [0.2, 0.25) is 0 Å². The van der Waals surface area contributed by atoms with Crippen LogP contribution in [0.5, 0.6) is 0 Å². The molecule has 3 rings (SSSR count). The van der Waals surface area contributed by atoms with E-state index in [1.54, 1.807) is 11.6 Å². The molecule has 1 unspecified atom stereocenters. The Kier molecular flexibility index (Phi) is 4.91. The summed E-state index contributed by atoms with van der Waals surface area (Å²) < 4.78 is 15.1. The van der Waals surface area contributed by atoms with Gasteiger partial charge in [0.15, 0.2) is 0 Å². The zero-order chi connectivity index (χ0) is 19.0. The molecule has 1 aromatic carbocycles. The lowest BCUT2D eigenvalue weighted by Gasteiger charge is -2.23. The maximum atomic E-state index is 13.3. The van der Waals surface area contributed by atoms with Gasteiger partial charge in [-0.05, 0) is 55.5 Å². The minimum Gasteiger partial charge on any atom is -0.465 e. The highest BCUT2D eigenvalue weighted by atomic mass is 35.5. The molecule has 0 fully saturated rings. The molecule has 1 aliphatic rings. The van der Waals surface area contributed by atoms with Gasteiger partial charge in [0.25, 0.3) is 5.91 Å². The zero-order valence-corrected chi connectivity index (χ0v) is 15.2. The van der Waals surface area contributed by atoms with Crippen LogP contribution in [0.1, 0.15) is 46.2 Å². The Labute approximate surface area is 155 Å². The van der Waals surface area contributed by atoms with E-state index in [4.69, 9.17) is 16.7 Å². The lowest BCUT2D eigenvalue weighted by Crippen LogP contribution is -2.29. The second-order valence-corrected chi connectivity index (χ2v) is 6.77. The SMILES string of the molecule is Cc1c2c(c(C(=O)Nc3ccc(F)c(Cl)c3)n1C)CCCC2NC(=O)O. The summed E-state index contributed by atoms with van der Waals surface area (Å²) in [6, 6.07) is 3.66. The van der Waals surface area contributed by atoms with Gasteiger partial charge in [-0.25, -0.2) is 9.18 Å². The molecule has 0 spiro atoms. The molecule has 0 saturated carbocycles. The van der Waals surface area contributed by atoms with Crippen LogP contribution in [0.2, 0.25) is 5.02 Å². The second kappa shape index (κ2) is 6.99. The van der Waals surface area contributed by atoms with E-state index in [0.29, 0.717) is 24.2 Å². The zero-order valence-electron chi connectivity index (χ0n) is 14.4. The molecule has 0 bridgehead atoms. The number of anilines is 1. The van der Waals surface area contributed by atoms with E-state index in [0.717, 1.165) is 23.2 Å². The van der Waals surface area contributed by atoms with Crippen LogP contribution < -0.4 is 10.6 Å². The Morgan fingerprint density at radius 2 is 2.12 bits per heavy atom. The van der Waals surface area contributed by atoms with E-state index in [1.165, 1.54) is 18.2 Å². The molecule has 1 aliphatic carbocycles. The number of nitrogens with zero attached hydrogens (tertiary/aromatic N) is 1. The third-order valence-electron chi connectivity index (χ3n) is 4.80. The Balaban J connectivity index is 1.96. The molecule has 0 aliphatic heterocycles. The smallest absolute Gasteiger partial charge is 0.405 e. The van der Waals surface area contributed by atoms with Crippen molar-refractivity contribution in [2.45, 2.75) is 32.2 Å². The quantitative estimate of drug-likeness (QED) is 0.753. The van der Waals surface area contributed by atoms with Crippen molar-refractivity contribution in [1.82, 2.24) is 9.88 Å². The molecule has 2 aromatic rings. The highest BCUT2D eigenvalue weighted by Crippen LogP contribution is 2.36. The number of fused-ring (bicyclic) bond motifs is 1. The highest BCUT2D eigenvalue weighted by Gasteiger charge is 2.31. The number of hydrogen-bond acceptors (Lipinski definition) is 2. The first kappa shape index (κ1) is 18.3. The van der Waals surface area contributed by atoms with Gasteiger partial charge in [0.1, 0.15) is 11.5 Å². The number of benzene rings is 1. The lowest BCUT2D eigenvalue weighted by molar-refractivity contribution is 0.101. The third kappa shape index (κ3) is 3.26. The normalized spacial score (nSPS) is 16.1. The van der Waals surface area contributed by atoms with Gasteiger partial charge in [-0.3, -0.25) is 4.79 Å². The van der Waals surface area contributed by atoms with Crippen LogP contribution in [-0.2, 0) is 13.5 Å². The van der Waals surface area contributed by atoms with Crippen LogP contribution in [0.15, 0.2) is 18.2 Å². The molecule has 6 nitrogen and oxygen atoms in total. The monoisotopic (exact) mass is 379 g/mol. The topological polar surface area (TPSA) is 83.4 Å². The Hall–Kier alpha value is -2.54. The summed E-state index contributed by atoms with van der Waals surface area (Å²) in [7, 11) is 1.78. The van der Waals surface area contributed by atoms with Gasteiger partial charge < -0.3 is 20.3 Å². The predicted molar refractivity (Wildman–Crippen MR) is 96.4 cm³/mol. The molecule has 1 atom stereocenters. The highest BCUT2D eigenvalue weighted by molar-refractivity contribution is 6.31. The maximum Gasteiger partial charge on any atom is 0.405 e. The van der Waals surface area contributed by atoms with Gasteiger partial charge in [-0.1, -0.05) is 11.6 Å². The van der Waals surface area contributed by atoms with Crippen LogP contribution in [0, 0.1) is 12.7 Å². The fourth-order valence-electron chi connectivity index (χ4n) is 3.59. The number of aromatic nitrogens is 1. The third-order valence-corrected chi connectivity index (χ3v) is 5.09. The second-order valence-electron chi connectivity index (χ2n) is 6.36. The molecule has 1 heterocycles. The van der Waals surface area contributed by atoms with Crippen molar-refractivity contribution in [2.24, 2.45) is 7.05 Å². The van der Waals surface area contributed by atoms with Crippen LogP contribution in [0.25, 0.3) is 0 Å². The maximum absolute atomic E-state index is 13.3. The summed E-state index contributed by atoms with van der Waals surface area (Å²) in [5, 5.41) is 14.3. The average Bonchev–Trinajstić information content (AvgIpc) is 2.83. The van der Waals surface area contributed by atoms with Crippen LogP contribution in [0.4, 0.5) is 14.9 Å². The molecule has 1 aromatic heterocycles. The van der Waals surface area contributed by atoms with Crippen LogP contribution in [-0.4, -0.2) is 21.7 Å². The standard InChI is InChI=1S/C18H19ClFN3O3/c1-9-15-11(4-3-5-14(15)22-18(25)26)16(23(9)2)17(24)21-10-6-7-13(20)12(19)8-10/h6-8,14,22H,3-5H2,1-2H3,(H,21,24)(H,25,26). The van der Waals surface area contributed by atoms with Crippen molar-refractivity contribution in [3.8, 4) is 0 Å². The number of nitrogens with one attached hydrogen (secondary N) is 2. The molecule has 26 heavy (non-hydrogen) atoms. The van der Waals surface area contributed by atoms with Gasteiger partial charge in [0.05, 0.1) is 11.1 Å². The predicted octanol–water partition coefficient (Wildman–Crippen LogP) is 4.02. The Morgan fingerprint density at radius 3 is 2.77 bits per heavy atom. The number of carbonyl (C=O) groups is 2. The molecule has 0 saturated heterocycles. The van der Waals surface area contributed by atoms with Gasteiger partial charge >= 0.3 is 6.09 Å². The number of amides is 2. The summed E-state index contributed by atoms with van der Waals surface area (Å²) in [6.45, 7) is 1.87. The number of hydrogen-bond donors (Lipinski definition) is 3. The first-order chi connectivity index (χ1) is 12.3. The molecule has 3 N–H and O–H groups in total. The Bertz CT molecular complexity index is 894. The first-order valence-corrected chi connectivity index (χ1v) is 8.61. The van der Waals surface area contributed by atoms with Crippen LogP contribution >= 0.6 is 11.6 Å². The van der Waals surface area contributed by atoms with Crippen molar-refractivity contribution < 1.29 is 19.1 Å². The van der Waals surface area contributed by atoms with E-state index >= 15 is 0 Å². The minimum atomic E-state index is -1.09. The van der Waals surface area contributed by atoms with Crippen molar-refractivity contribution in [2.75, 3.05) is 5.32 Å². The summed E-state index contributed by atoms with van der Waals surface area (Å²) in [4.78, 5) is 23.9. The summed E-state index contributed by atoms with van der Waals surface area (Å²) in [5.41, 5.74) is 3.43. The van der Waals surface area contributed by atoms with E-state index in [-0.39, 0.29) is 17.0 Å². The molecule has 2 amide bonds. The summed E-state index contributed by atoms with van der Waals surface area (Å²) in [5.74, 6) is -0.894. The minimum absolute atomic E-state index is 0.0707. The summed E-state index contributed by atoms with van der Waals surface area (Å²) >= 11 is 5.77. The molecular formula is C18H19ClFN3O3. The van der Waals surface area contributed by atoms with E-state index < -0.39 is 11.9 Å². The average molecular weight is 380 g/mol. The van der Waals surface area contributed by atoms with Crippen molar-refractivity contribution >= 4 is 29.3 Å². The number of rotatable bonds is 3. The number of carbonyl (C=O) groups excluding carboxylic acids is 1. The van der Waals surface area contributed by atoms with E-state index in [2.05, 4.69) is 10.6 Å². The fourth-order valence-corrected chi connectivity index (χ4v) is 3.77. The van der Waals surface area contributed by atoms with Gasteiger partial charge in [0, 0.05) is 18.4 Å². The first-order valence-electron chi connectivity index (χ1n) is 8.23. The van der Waals surface area contributed by atoms with Gasteiger partial charge in [-0.2, -0.15) is 0 Å². The Morgan fingerprint density at radius 1 is 1.38 bits per heavy atom. The van der Waals surface area contributed by atoms with Gasteiger partial charge in [-0.15, -0.1) is 0 Å². The molecular weight excluding hydrogens is 361 g/mol. The lowest BCUT2D eigenvalue weighted by atomic mass is 9.88. The van der Waals surface area contributed by atoms with E-state index in [9.17, 15) is 14.0 Å². The molecule has 8 heteroatoms. The molecule has 0 radical (unpaired) electrons. The number of carboxylic acid groups (broad SMARTS) is 1. The largest absolute Gasteiger partial charge is 0.465 e. The fraction of sp³-hybridized carbons (Fsp3) is 0.333.